The third-order valence-electron chi connectivity index (χ3n) is 2.30. The van der Waals surface area contributed by atoms with Gasteiger partial charge in [0, 0.05) is 6.04 Å². The molecule has 0 spiro atoms. The van der Waals surface area contributed by atoms with Crippen LogP contribution in [0.15, 0.2) is 35.5 Å². The summed E-state index contributed by atoms with van der Waals surface area (Å²) < 4.78 is 0. The Bertz CT molecular complexity index is 234. The standard InChI is InChI=1S/C11H17N.2C2H6/c1-3-4-5-6-10-9(2)7-8-11(10)12;2*1-2/h3-6,11H,7-8,12H2,1-2H3;2*1-2H3/b4-3-,6-5-;;. The highest BCUT2D eigenvalue weighted by Crippen LogP contribution is 2.25. The molecule has 1 unspecified atom stereocenters. The molecule has 0 saturated carbocycles. The predicted octanol–water partition coefficient (Wildman–Crippen LogP) is 4.61. The van der Waals surface area contributed by atoms with E-state index in [1.165, 1.54) is 11.1 Å². The van der Waals surface area contributed by atoms with Crippen LogP contribution in [0.25, 0.3) is 0 Å². The van der Waals surface area contributed by atoms with Crippen molar-refractivity contribution in [2.75, 3.05) is 0 Å². The highest BCUT2D eigenvalue weighted by Gasteiger charge is 2.16. The summed E-state index contributed by atoms with van der Waals surface area (Å²) in [5.74, 6) is 0. The molecule has 16 heavy (non-hydrogen) atoms. The molecule has 0 heterocycles. The van der Waals surface area contributed by atoms with E-state index in [-0.39, 0.29) is 6.04 Å². The molecule has 0 aromatic carbocycles. The van der Waals surface area contributed by atoms with Gasteiger partial charge in [0.1, 0.15) is 0 Å². The minimum Gasteiger partial charge on any atom is -0.324 e. The van der Waals surface area contributed by atoms with Gasteiger partial charge >= 0.3 is 0 Å². The van der Waals surface area contributed by atoms with Gasteiger partial charge < -0.3 is 5.73 Å². The Morgan fingerprint density at radius 1 is 1.12 bits per heavy atom. The van der Waals surface area contributed by atoms with Gasteiger partial charge in [-0.25, -0.2) is 0 Å². The van der Waals surface area contributed by atoms with Crippen LogP contribution in [0.5, 0.6) is 0 Å². The van der Waals surface area contributed by atoms with E-state index in [0.717, 1.165) is 12.8 Å². The molecule has 0 aliphatic heterocycles. The van der Waals surface area contributed by atoms with Crippen molar-refractivity contribution in [1.29, 1.82) is 0 Å². The summed E-state index contributed by atoms with van der Waals surface area (Å²) in [6, 6.07) is 0.270. The fourth-order valence-corrected chi connectivity index (χ4v) is 1.52. The van der Waals surface area contributed by atoms with Crippen LogP contribution >= 0.6 is 0 Å². The van der Waals surface area contributed by atoms with E-state index in [1.807, 2.05) is 46.8 Å². The largest absolute Gasteiger partial charge is 0.324 e. The van der Waals surface area contributed by atoms with Crippen LogP contribution in [0.2, 0.25) is 0 Å². The molecule has 0 amide bonds. The molecule has 2 N–H and O–H groups in total. The minimum absolute atomic E-state index is 0.270. The van der Waals surface area contributed by atoms with Gasteiger partial charge in [-0.3, -0.25) is 0 Å². The van der Waals surface area contributed by atoms with Crippen LogP contribution < -0.4 is 5.73 Å². The fraction of sp³-hybridized carbons (Fsp3) is 0.600. The third kappa shape index (κ3) is 6.62. The fourth-order valence-electron chi connectivity index (χ4n) is 1.52. The number of nitrogens with two attached hydrogens (primary N) is 1. The van der Waals surface area contributed by atoms with E-state index >= 15 is 0 Å². The summed E-state index contributed by atoms with van der Waals surface area (Å²) in [6.07, 6.45) is 10.5. The van der Waals surface area contributed by atoms with E-state index in [9.17, 15) is 0 Å². The predicted molar refractivity (Wildman–Crippen MR) is 76.6 cm³/mol. The Balaban J connectivity index is 0. The third-order valence-corrected chi connectivity index (χ3v) is 2.30. The zero-order valence-electron chi connectivity index (χ0n) is 11.9. The molecule has 0 radical (unpaired) electrons. The van der Waals surface area contributed by atoms with Crippen LogP contribution in [-0.4, -0.2) is 6.04 Å². The van der Waals surface area contributed by atoms with Crippen LogP contribution in [0.1, 0.15) is 54.4 Å². The Morgan fingerprint density at radius 2 is 1.69 bits per heavy atom. The SMILES string of the molecule is C/C=C\C=C/C1=C(C)CCC1N.CC.CC. The Kier molecular flexibility index (Phi) is 13.5. The monoisotopic (exact) mass is 223 g/mol. The van der Waals surface area contributed by atoms with Crippen LogP contribution in [-0.2, 0) is 0 Å². The molecule has 0 fully saturated rings. The van der Waals surface area contributed by atoms with E-state index in [1.54, 1.807) is 0 Å². The summed E-state index contributed by atoms with van der Waals surface area (Å²) in [7, 11) is 0. The average molecular weight is 223 g/mol. The summed E-state index contributed by atoms with van der Waals surface area (Å²) in [4.78, 5) is 0. The summed E-state index contributed by atoms with van der Waals surface area (Å²) >= 11 is 0. The minimum atomic E-state index is 0.270. The summed E-state index contributed by atoms with van der Waals surface area (Å²) in [5, 5.41) is 0. The molecule has 1 atom stereocenters. The quantitative estimate of drug-likeness (QED) is 0.680. The molecule has 1 aliphatic rings. The van der Waals surface area contributed by atoms with Crippen molar-refractivity contribution in [3.63, 3.8) is 0 Å². The zero-order valence-corrected chi connectivity index (χ0v) is 11.9. The molecule has 0 saturated heterocycles. The second-order valence-corrected chi connectivity index (χ2v) is 3.27. The second kappa shape index (κ2) is 12.3. The molecule has 1 heteroatoms. The normalized spacial score (nSPS) is 19.6. The Morgan fingerprint density at radius 3 is 2.06 bits per heavy atom. The molecule has 0 aromatic heterocycles. The lowest BCUT2D eigenvalue weighted by Crippen LogP contribution is -2.17. The Hall–Kier alpha value is -0.820. The van der Waals surface area contributed by atoms with Crippen LogP contribution in [0.3, 0.4) is 0 Å². The van der Waals surface area contributed by atoms with Crippen molar-refractivity contribution in [3.05, 3.63) is 35.5 Å². The van der Waals surface area contributed by atoms with Gasteiger partial charge in [0.05, 0.1) is 0 Å². The van der Waals surface area contributed by atoms with Crippen molar-refractivity contribution in [2.45, 2.75) is 60.4 Å². The molecular weight excluding hydrogens is 194 g/mol. The van der Waals surface area contributed by atoms with Crippen molar-refractivity contribution < 1.29 is 0 Å². The van der Waals surface area contributed by atoms with Gasteiger partial charge in [0.25, 0.3) is 0 Å². The maximum atomic E-state index is 5.92. The molecule has 1 aliphatic carbocycles. The first-order valence-corrected chi connectivity index (χ1v) is 6.50. The first kappa shape index (κ1) is 17.6. The molecular formula is C15H29N. The number of allylic oxidation sites excluding steroid dienone is 4. The van der Waals surface area contributed by atoms with Crippen molar-refractivity contribution in [1.82, 2.24) is 0 Å². The van der Waals surface area contributed by atoms with Crippen molar-refractivity contribution >= 4 is 0 Å². The number of rotatable bonds is 2. The topological polar surface area (TPSA) is 26.0 Å². The molecule has 1 nitrogen and oxygen atoms in total. The first-order chi connectivity index (χ1) is 7.75. The van der Waals surface area contributed by atoms with Gasteiger partial charge in [-0.2, -0.15) is 0 Å². The maximum Gasteiger partial charge on any atom is 0.0297 e. The smallest absolute Gasteiger partial charge is 0.0297 e. The van der Waals surface area contributed by atoms with Crippen molar-refractivity contribution in [2.24, 2.45) is 5.73 Å². The highest BCUT2D eigenvalue weighted by molar-refractivity contribution is 5.34. The van der Waals surface area contributed by atoms with Gasteiger partial charge in [0.2, 0.25) is 0 Å². The lowest BCUT2D eigenvalue weighted by Gasteiger charge is -2.03. The van der Waals surface area contributed by atoms with Gasteiger partial charge in [-0.1, -0.05) is 57.6 Å². The molecule has 0 bridgehead atoms. The number of hydrogen-bond donors (Lipinski definition) is 1. The van der Waals surface area contributed by atoms with Gasteiger partial charge in [-0.15, -0.1) is 0 Å². The lowest BCUT2D eigenvalue weighted by molar-refractivity contribution is 0.759. The molecule has 0 aromatic rings. The van der Waals surface area contributed by atoms with Crippen molar-refractivity contribution in [3.8, 4) is 0 Å². The first-order valence-electron chi connectivity index (χ1n) is 6.50. The van der Waals surface area contributed by atoms with Gasteiger partial charge in [0.15, 0.2) is 0 Å². The molecule has 94 valence electrons. The zero-order chi connectivity index (χ0) is 13.0. The van der Waals surface area contributed by atoms with E-state index < -0.39 is 0 Å². The second-order valence-electron chi connectivity index (χ2n) is 3.27. The van der Waals surface area contributed by atoms with Gasteiger partial charge in [-0.05, 0) is 32.3 Å². The lowest BCUT2D eigenvalue weighted by atomic mass is 10.1. The molecule has 1 rings (SSSR count). The van der Waals surface area contributed by atoms with Crippen LogP contribution in [0.4, 0.5) is 0 Å². The van der Waals surface area contributed by atoms with E-state index in [2.05, 4.69) is 19.1 Å². The van der Waals surface area contributed by atoms with Crippen LogP contribution in [0, 0.1) is 0 Å². The summed E-state index contributed by atoms with van der Waals surface area (Å²) in [5.41, 5.74) is 8.69. The Labute approximate surface area is 102 Å². The van der Waals surface area contributed by atoms with E-state index in [4.69, 9.17) is 5.73 Å². The summed E-state index contributed by atoms with van der Waals surface area (Å²) in [6.45, 7) is 12.2. The maximum absolute atomic E-state index is 5.92. The highest BCUT2D eigenvalue weighted by atomic mass is 14.6. The number of hydrogen-bond acceptors (Lipinski definition) is 1. The average Bonchev–Trinajstić information content (AvgIpc) is 2.66. The van der Waals surface area contributed by atoms with E-state index in [0.29, 0.717) is 0 Å².